The molecular formula is C19H21FN6OS. The summed E-state index contributed by atoms with van der Waals surface area (Å²) in [6, 6.07) is 14.8. The summed E-state index contributed by atoms with van der Waals surface area (Å²) in [5, 5.41) is 5.99. The number of halogens is 1. The van der Waals surface area contributed by atoms with E-state index in [1.165, 1.54) is 6.26 Å². The molecule has 0 aliphatic carbocycles. The van der Waals surface area contributed by atoms with Gasteiger partial charge in [-0.15, -0.1) is 0 Å². The molecule has 3 rings (SSSR count). The molecule has 3 aromatic rings. The first-order valence-corrected chi connectivity index (χ1v) is 10.0. The molecule has 0 bridgehead atoms. The van der Waals surface area contributed by atoms with Crippen molar-refractivity contribution in [1.29, 1.82) is 0 Å². The minimum absolute atomic E-state index is 0.0125. The maximum atomic E-state index is 14.2. The molecule has 2 aromatic carbocycles. The lowest BCUT2D eigenvalue weighted by molar-refractivity contribution is 0.619. The van der Waals surface area contributed by atoms with Crippen molar-refractivity contribution >= 4 is 45.5 Å². The predicted molar refractivity (Wildman–Crippen MR) is 113 cm³/mol. The fourth-order valence-electron chi connectivity index (χ4n) is 2.45. The summed E-state index contributed by atoms with van der Waals surface area (Å²) in [6.07, 6.45) is 2.62. The molecule has 1 unspecified atom stereocenters. The van der Waals surface area contributed by atoms with Crippen molar-refractivity contribution in [3.05, 3.63) is 60.5 Å². The van der Waals surface area contributed by atoms with Gasteiger partial charge in [-0.3, -0.25) is 0 Å². The van der Waals surface area contributed by atoms with Gasteiger partial charge in [-0.1, -0.05) is 12.1 Å². The number of hydrogen-bond donors (Lipinski definition) is 3. The van der Waals surface area contributed by atoms with Gasteiger partial charge in [-0.2, -0.15) is 4.98 Å². The Kier molecular flexibility index (Phi) is 6.05. The number of nitrogens with zero attached hydrogens (tertiary/aromatic N) is 3. The zero-order valence-corrected chi connectivity index (χ0v) is 16.5. The van der Waals surface area contributed by atoms with E-state index in [4.69, 9.17) is 0 Å². The third-order valence-corrected chi connectivity index (χ3v) is 4.33. The van der Waals surface area contributed by atoms with E-state index in [2.05, 4.69) is 25.3 Å². The summed E-state index contributed by atoms with van der Waals surface area (Å²) in [5.74, 6) is -0.328. The number of aromatic nitrogens is 2. The molecule has 1 atom stereocenters. The molecule has 0 fully saturated rings. The Bertz CT molecular complexity index is 980. The van der Waals surface area contributed by atoms with Crippen LogP contribution >= 0.6 is 0 Å². The Hall–Kier alpha value is -3.20. The van der Waals surface area contributed by atoms with E-state index in [0.717, 1.165) is 17.6 Å². The fourth-order valence-corrected chi connectivity index (χ4v) is 2.94. The van der Waals surface area contributed by atoms with Crippen molar-refractivity contribution in [3.63, 3.8) is 0 Å². The smallest absolute Gasteiger partial charge is 0.229 e. The van der Waals surface area contributed by atoms with Crippen LogP contribution in [-0.2, 0) is 11.0 Å². The lowest BCUT2D eigenvalue weighted by atomic mass is 10.2. The summed E-state index contributed by atoms with van der Waals surface area (Å²) in [6.45, 7) is 0. The van der Waals surface area contributed by atoms with Crippen molar-refractivity contribution < 1.29 is 8.60 Å². The van der Waals surface area contributed by atoms with Gasteiger partial charge in [0.25, 0.3) is 0 Å². The van der Waals surface area contributed by atoms with Gasteiger partial charge in [0.15, 0.2) is 11.6 Å². The second-order valence-corrected chi connectivity index (χ2v) is 7.30. The first-order valence-electron chi connectivity index (χ1n) is 8.45. The number of rotatable bonds is 7. The van der Waals surface area contributed by atoms with Crippen molar-refractivity contribution in [2.45, 2.75) is 0 Å². The first-order chi connectivity index (χ1) is 13.4. The molecule has 146 valence electrons. The highest BCUT2D eigenvalue weighted by atomic mass is 32.2. The quantitative estimate of drug-likeness (QED) is 0.558. The summed E-state index contributed by atoms with van der Waals surface area (Å²) in [7, 11) is 2.67. The van der Waals surface area contributed by atoms with Gasteiger partial charge in [0.2, 0.25) is 5.95 Å². The van der Waals surface area contributed by atoms with Gasteiger partial charge in [0.1, 0.15) is 11.0 Å². The molecule has 28 heavy (non-hydrogen) atoms. The third kappa shape index (κ3) is 4.95. The highest BCUT2D eigenvalue weighted by molar-refractivity contribution is 7.85. The second kappa shape index (κ2) is 8.66. The van der Waals surface area contributed by atoms with Crippen molar-refractivity contribution in [1.82, 2.24) is 9.97 Å². The lowest BCUT2D eigenvalue weighted by Gasteiger charge is -2.14. The molecule has 3 N–H and O–H groups in total. The molecule has 0 amide bonds. The van der Waals surface area contributed by atoms with E-state index in [0.29, 0.717) is 11.4 Å². The van der Waals surface area contributed by atoms with Gasteiger partial charge >= 0.3 is 0 Å². The summed E-state index contributed by atoms with van der Waals surface area (Å²) >= 11 is 0. The van der Waals surface area contributed by atoms with Crippen LogP contribution in [-0.4, -0.2) is 34.5 Å². The number of benzene rings is 2. The van der Waals surface area contributed by atoms with Crippen LogP contribution in [0.15, 0.2) is 54.7 Å². The Labute approximate surface area is 165 Å². The second-order valence-electron chi connectivity index (χ2n) is 6.18. The van der Waals surface area contributed by atoms with E-state index in [9.17, 15) is 8.60 Å². The molecule has 0 spiro atoms. The largest absolute Gasteiger partial charge is 0.378 e. The fraction of sp³-hybridized carbons (Fsp3) is 0.158. The average Bonchev–Trinajstić information content (AvgIpc) is 2.66. The molecule has 1 heterocycles. The monoisotopic (exact) mass is 400 g/mol. The van der Waals surface area contributed by atoms with E-state index in [1.54, 1.807) is 24.3 Å². The molecular weight excluding hydrogens is 379 g/mol. The highest BCUT2D eigenvalue weighted by Gasteiger charge is 2.10. The number of anilines is 6. The highest BCUT2D eigenvalue weighted by Crippen LogP contribution is 2.27. The standard InChI is InChI=1S/C19H21FN6OS/c1-26(2)14-10-8-13(9-11-14)22-19-21-12-15(20)18(24-19)23-16-6-4-5-7-17(16)25-28(3)27/h4-12,25H,1-3H3,(H2,21,22,23,24). The zero-order chi connectivity index (χ0) is 20.1. The summed E-state index contributed by atoms with van der Waals surface area (Å²) < 4.78 is 28.5. The maximum Gasteiger partial charge on any atom is 0.229 e. The zero-order valence-electron chi connectivity index (χ0n) is 15.7. The van der Waals surface area contributed by atoms with Crippen LogP contribution in [0.2, 0.25) is 0 Å². The van der Waals surface area contributed by atoms with Crippen LogP contribution in [0.25, 0.3) is 0 Å². The molecule has 0 saturated carbocycles. The summed E-state index contributed by atoms with van der Waals surface area (Å²) in [5.41, 5.74) is 2.98. The van der Waals surface area contributed by atoms with Gasteiger partial charge in [-0.05, 0) is 36.4 Å². The topological polar surface area (TPSA) is 82.2 Å². The minimum atomic E-state index is -1.26. The molecule has 1 aromatic heterocycles. The van der Waals surface area contributed by atoms with Crippen molar-refractivity contribution in [2.24, 2.45) is 0 Å². The lowest BCUT2D eigenvalue weighted by Crippen LogP contribution is -2.08. The molecule has 7 nitrogen and oxygen atoms in total. The SMILES string of the molecule is CN(C)c1ccc(Nc2ncc(F)c(Nc3ccccc3NS(C)=O)n2)cc1. The summed E-state index contributed by atoms with van der Waals surface area (Å²) in [4.78, 5) is 10.2. The van der Waals surface area contributed by atoms with Crippen molar-refractivity contribution in [2.75, 3.05) is 40.6 Å². The Morgan fingerprint density at radius 3 is 2.32 bits per heavy atom. The number of para-hydroxylation sites is 2. The Balaban J connectivity index is 1.81. The van der Waals surface area contributed by atoms with Gasteiger partial charge < -0.3 is 20.3 Å². The third-order valence-electron chi connectivity index (χ3n) is 3.82. The molecule has 0 aliphatic rings. The van der Waals surface area contributed by atoms with Crippen LogP contribution in [0.3, 0.4) is 0 Å². The Morgan fingerprint density at radius 2 is 1.68 bits per heavy atom. The first kappa shape index (κ1) is 19.6. The predicted octanol–water partition coefficient (Wildman–Crippen LogP) is 3.87. The van der Waals surface area contributed by atoms with Crippen LogP contribution in [0, 0.1) is 5.82 Å². The number of nitrogens with one attached hydrogen (secondary N) is 3. The Morgan fingerprint density at radius 1 is 1.00 bits per heavy atom. The van der Waals surface area contributed by atoms with Crippen molar-refractivity contribution in [3.8, 4) is 0 Å². The normalized spacial score (nSPS) is 11.6. The number of hydrogen-bond acceptors (Lipinski definition) is 6. The minimum Gasteiger partial charge on any atom is -0.378 e. The van der Waals surface area contributed by atoms with Crippen LogP contribution in [0.5, 0.6) is 0 Å². The van der Waals surface area contributed by atoms with Crippen LogP contribution < -0.4 is 20.3 Å². The van der Waals surface area contributed by atoms with Gasteiger partial charge in [-0.25, -0.2) is 13.6 Å². The van der Waals surface area contributed by atoms with Gasteiger partial charge in [0, 0.05) is 31.7 Å². The average molecular weight is 400 g/mol. The maximum absolute atomic E-state index is 14.2. The molecule has 9 heteroatoms. The molecule has 0 saturated heterocycles. The van der Waals surface area contributed by atoms with Gasteiger partial charge in [0.05, 0.1) is 17.6 Å². The van der Waals surface area contributed by atoms with E-state index in [-0.39, 0.29) is 11.8 Å². The van der Waals surface area contributed by atoms with E-state index >= 15 is 0 Å². The van der Waals surface area contributed by atoms with E-state index < -0.39 is 16.8 Å². The molecule has 0 radical (unpaired) electrons. The van der Waals surface area contributed by atoms with Crippen LogP contribution in [0.1, 0.15) is 0 Å². The molecule has 0 aliphatic heterocycles. The van der Waals surface area contributed by atoms with E-state index in [1.807, 2.05) is 43.3 Å². The van der Waals surface area contributed by atoms with Crippen LogP contribution in [0.4, 0.5) is 38.9 Å².